The van der Waals surface area contributed by atoms with Crippen LogP contribution in [-0.4, -0.2) is 21.4 Å². The minimum absolute atomic E-state index is 0. The fourth-order valence-electron chi connectivity index (χ4n) is 0.663. The van der Waals surface area contributed by atoms with Crippen molar-refractivity contribution >= 4 is 30.4 Å². The van der Waals surface area contributed by atoms with Gasteiger partial charge >= 0.3 is 21.1 Å². The van der Waals surface area contributed by atoms with Crippen LogP contribution in [0.3, 0.4) is 0 Å². The normalized spacial score (nSPS) is 18.6. The molecule has 4 atom stereocenters. The van der Waals surface area contributed by atoms with E-state index in [0.29, 0.717) is 12.5 Å². The molecule has 0 bridgehead atoms. The molecule has 144 valence electrons. The van der Waals surface area contributed by atoms with Gasteiger partial charge in [0.1, 0.15) is 0 Å². The summed E-state index contributed by atoms with van der Waals surface area (Å²) in [7, 11) is -21.4. The van der Waals surface area contributed by atoms with Gasteiger partial charge in [-0.3, -0.25) is 9.13 Å². The van der Waals surface area contributed by atoms with E-state index in [1.165, 1.54) is 0 Å². The Morgan fingerprint density at radius 3 is 1.04 bits per heavy atom. The second kappa shape index (κ2) is 11.3. The van der Waals surface area contributed by atoms with E-state index < -0.39 is 41.6 Å². The van der Waals surface area contributed by atoms with Crippen molar-refractivity contribution in [1.29, 1.82) is 0 Å². The molecule has 4 unspecified atom stereocenters. The van der Waals surface area contributed by atoms with E-state index in [9.17, 15) is 47.6 Å². The minimum Gasteiger partial charge on any atom is -0.809 e. The van der Waals surface area contributed by atoms with E-state index in [-0.39, 0.29) is 21.1 Å². The van der Waals surface area contributed by atoms with E-state index in [2.05, 4.69) is 22.2 Å². The summed E-state index contributed by atoms with van der Waals surface area (Å²) in [6, 6.07) is 0. The minimum atomic E-state index is -5.60. The average molecular weight is 526 g/mol. The maximum Gasteiger partial charge on any atom is 6.00 e. The van der Waals surface area contributed by atoms with Crippen LogP contribution in [0.1, 0.15) is 0 Å². The van der Waals surface area contributed by atoms with E-state index in [1.54, 1.807) is 0 Å². The van der Waals surface area contributed by atoms with Crippen molar-refractivity contribution in [2.45, 2.75) is 11.2 Å². The fraction of sp³-hybridized carbons (Fsp3) is 0.333. The largest absolute Gasteiger partial charge is 6.00 e. The Labute approximate surface area is 155 Å². The van der Waals surface area contributed by atoms with Crippen LogP contribution in [0, 0.1) is 0 Å². The molecule has 0 saturated carbocycles. The predicted molar refractivity (Wildman–Crippen MR) is 65.0 cm³/mol. The number of rotatable bonds is 8. The van der Waals surface area contributed by atoms with Crippen LogP contribution < -0.4 is 29.4 Å². The Hall–Kier alpha value is 0.368. The summed E-state index contributed by atoms with van der Waals surface area (Å²) in [5.41, 5.74) is -6.13. The van der Waals surface area contributed by atoms with Crippen LogP contribution in [0.5, 0.6) is 0 Å². The molecular weight excluding hydrogens is 516 g/mol. The van der Waals surface area contributed by atoms with Gasteiger partial charge < -0.3 is 57.8 Å². The second-order valence-corrected chi connectivity index (χ2v) is 10.9. The Balaban J connectivity index is -0.000000372. The molecular formula is C6H10MoO14P4. The Morgan fingerprint density at radius 2 is 0.920 bits per heavy atom. The summed E-state index contributed by atoms with van der Waals surface area (Å²) in [6.45, 7) is 5.62. The van der Waals surface area contributed by atoms with Crippen LogP contribution in [0.2, 0.25) is 0 Å². The molecule has 0 aromatic heterocycles. The summed E-state index contributed by atoms with van der Waals surface area (Å²) >= 11 is 0. The van der Waals surface area contributed by atoms with Crippen LogP contribution >= 0.6 is 30.4 Å². The second-order valence-electron chi connectivity index (χ2n) is 3.40. The van der Waals surface area contributed by atoms with Gasteiger partial charge in [0.25, 0.3) is 0 Å². The van der Waals surface area contributed by atoms with Gasteiger partial charge in [0, 0.05) is 0 Å². The zero-order valence-electron chi connectivity index (χ0n) is 11.7. The number of aliphatic hydroxyl groups excluding tert-OH is 2. The van der Waals surface area contributed by atoms with Crippen molar-refractivity contribution in [1.82, 2.24) is 0 Å². The molecule has 0 saturated heterocycles. The summed E-state index contributed by atoms with van der Waals surface area (Å²) < 4.78 is 48.3. The number of hydrogen-bond donors (Lipinski definition) is 2. The molecule has 0 aromatic carbocycles. The zero-order valence-corrected chi connectivity index (χ0v) is 17.3. The van der Waals surface area contributed by atoms with Crippen LogP contribution in [0.4, 0.5) is 0 Å². The van der Waals surface area contributed by atoms with Gasteiger partial charge in [-0.1, -0.05) is 13.2 Å². The Bertz CT molecular complexity index is 567. The molecule has 0 aliphatic heterocycles. The van der Waals surface area contributed by atoms with Gasteiger partial charge in [-0.15, -0.1) is 0 Å². The van der Waals surface area contributed by atoms with Gasteiger partial charge in [0.05, 0.1) is 12.5 Å². The van der Waals surface area contributed by atoms with E-state index >= 15 is 0 Å². The van der Waals surface area contributed by atoms with Crippen LogP contribution in [0.25, 0.3) is 0 Å². The Kier molecular flexibility index (Phi) is 13.6. The van der Waals surface area contributed by atoms with Gasteiger partial charge in [0.2, 0.25) is 15.2 Å². The first-order chi connectivity index (χ1) is 10.4. The molecule has 0 fully saturated rings. The van der Waals surface area contributed by atoms with Crippen molar-refractivity contribution in [3.8, 4) is 0 Å². The summed E-state index contributed by atoms with van der Waals surface area (Å²) in [5, 5.41) is 16.8. The van der Waals surface area contributed by atoms with Gasteiger partial charge in [-0.05, 0) is 15.2 Å². The van der Waals surface area contributed by atoms with Gasteiger partial charge in [-0.25, -0.2) is 0 Å². The zero-order chi connectivity index (χ0) is 20.0. The topological polar surface area (TPSA) is 266 Å². The smallest absolute Gasteiger partial charge is 0.809 e. The molecule has 0 aliphatic rings. The molecule has 0 heterocycles. The quantitative estimate of drug-likeness (QED) is 0.173. The maximum absolute atomic E-state index is 10.5. The predicted octanol–water partition coefficient (Wildman–Crippen LogP) is -4.22. The molecule has 2 N–H and O–H groups in total. The van der Waals surface area contributed by atoms with Crippen molar-refractivity contribution in [2.24, 2.45) is 0 Å². The molecule has 0 aromatic rings. The summed E-state index contributed by atoms with van der Waals surface area (Å²) in [5.74, 6) is 0. The van der Waals surface area contributed by atoms with Crippen molar-refractivity contribution in [2.75, 3.05) is 0 Å². The fourth-order valence-corrected chi connectivity index (χ4v) is 4.39. The molecule has 0 aliphatic carbocycles. The SMILES string of the molecule is C=COP(=O)([O-])C(O)P(=O)([O-])[O-].C=COP(=O)([O-])C(O)P(=O)([O-])[O-].[Mo+6]. The molecule has 0 radical (unpaired) electrons. The molecule has 14 nitrogen and oxygen atoms in total. The third-order valence-electron chi connectivity index (χ3n) is 1.57. The number of aliphatic hydroxyl groups is 2. The van der Waals surface area contributed by atoms with Gasteiger partial charge in [0.15, 0.2) is 11.2 Å². The molecule has 0 spiro atoms. The third kappa shape index (κ3) is 11.6. The van der Waals surface area contributed by atoms with E-state index in [4.69, 9.17) is 10.2 Å². The molecule has 0 amide bonds. The Morgan fingerprint density at radius 1 is 0.720 bits per heavy atom. The standard InChI is InChI=1S/2C3H8O7P2.Mo/c2*1-2-10-12(8,9)3(4)11(5,6)7;/h2*2-4H,1H2,(H,8,9)(H2,5,6,7);/q;;+6/p-6. The first kappa shape index (κ1) is 30.1. The van der Waals surface area contributed by atoms with Crippen LogP contribution in [0.15, 0.2) is 25.7 Å². The summed E-state index contributed by atoms with van der Waals surface area (Å²) in [6.07, 6.45) is 0.791. The van der Waals surface area contributed by atoms with E-state index in [0.717, 1.165) is 0 Å². The van der Waals surface area contributed by atoms with Crippen LogP contribution in [-0.2, 0) is 48.4 Å². The average Bonchev–Trinajstić information content (AvgIpc) is 2.35. The molecule has 0 rings (SSSR count). The van der Waals surface area contributed by atoms with Gasteiger partial charge in [-0.2, -0.15) is 0 Å². The maximum atomic E-state index is 10.5. The van der Waals surface area contributed by atoms with Crippen molar-refractivity contribution in [3.63, 3.8) is 0 Å². The van der Waals surface area contributed by atoms with Crippen molar-refractivity contribution < 1.29 is 87.9 Å². The monoisotopic (exact) mass is 528 g/mol. The number of hydrogen-bond acceptors (Lipinski definition) is 14. The molecule has 25 heavy (non-hydrogen) atoms. The first-order valence-electron chi connectivity index (χ1n) is 5.03. The summed E-state index contributed by atoms with van der Waals surface area (Å²) in [4.78, 5) is 60.9. The third-order valence-corrected chi connectivity index (χ3v) is 8.12. The first-order valence-corrected chi connectivity index (χ1v) is 11.5. The molecule has 19 heteroatoms. The van der Waals surface area contributed by atoms with E-state index in [1.807, 2.05) is 0 Å². The van der Waals surface area contributed by atoms with Crippen molar-refractivity contribution in [3.05, 3.63) is 25.7 Å².